The van der Waals surface area contributed by atoms with E-state index in [0.29, 0.717) is 23.3 Å². The lowest BCUT2D eigenvalue weighted by molar-refractivity contribution is 0.0865. The molecule has 21 heavy (non-hydrogen) atoms. The number of rotatable bonds is 3. The van der Waals surface area contributed by atoms with Crippen molar-refractivity contribution < 1.29 is 17.9 Å². The normalized spacial score (nSPS) is 22.3. The molecule has 2 rings (SSSR count). The molecule has 1 aliphatic rings. The van der Waals surface area contributed by atoms with Crippen LogP contribution < -0.4 is 5.32 Å². The molecule has 5 nitrogen and oxygen atoms in total. The van der Waals surface area contributed by atoms with Gasteiger partial charge in [-0.2, -0.15) is 0 Å². The lowest BCUT2D eigenvalue weighted by Crippen LogP contribution is -2.39. The summed E-state index contributed by atoms with van der Waals surface area (Å²) in [5, 5.41) is 2.88. The highest BCUT2D eigenvalue weighted by atomic mass is 35.7. The van der Waals surface area contributed by atoms with Crippen LogP contribution in [-0.4, -0.2) is 33.1 Å². The molecule has 0 radical (unpaired) electrons. The highest BCUT2D eigenvalue weighted by molar-refractivity contribution is 8.13. The van der Waals surface area contributed by atoms with E-state index in [2.05, 4.69) is 5.32 Å². The lowest BCUT2D eigenvalue weighted by atomic mass is 10.0. The van der Waals surface area contributed by atoms with Gasteiger partial charge in [0, 0.05) is 22.9 Å². The monoisotopic (exact) mass is 331 g/mol. The molecule has 1 saturated heterocycles. The molecule has 116 valence electrons. The molecule has 1 aromatic carbocycles. The van der Waals surface area contributed by atoms with Gasteiger partial charge in [-0.05, 0) is 44.4 Å². The van der Waals surface area contributed by atoms with Crippen LogP contribution in [0.5, 0.6) is 0 Å². The molecule has 0 aromatic heterocycles. The van der Waals surface area contributed by atoms with E-state index >= 15 is 0 Å². The van der Waals surface area contributed by atoms with Crippen molar-refractivity contribution in [2.75, 3.05) is 6.61 Å². The maximum Gasteiger partial charge on any atom is 0.261 e. The fraction of sp³-hybridized carbons (Fsp3) is 0.500. The van der Waals surface area contributed by atoms with Crippen LogP contribution in [0.1, 0.15) is 34.8 Å². The Morgan fingerprint density at radius 2 is 2.00 bits per heavy atom. The van der Waals surface area contributed by atoms with Crippen LogP contribution >= 0.6 is 10.7 Å². The fourth-order valence-electron chi connectivity index (χ4n) is 2.51. The van der Waals surface area contributed by atoms with Crippen LogP contribution in [-0.2, 0) is 13.8 Å². The summed E-state index contributed by atoms with van der Waals surface area (Å²) in [6.07, 6.45) is 0.703. The highest BCUT2D eigenvalue weighted by Crippen LogP contribution is 2.24. The topological polar surface area (TPSA) is 72.5 Å². The Morgan fingerprint density at radius 3 is 2.52 bits per heavy atom. The van der Waals surface area contributed by atoms with Crippen LogP contribution in [0, 0.1) is 13.8 Å². The Labute approximate surface area is 129 Å². The lowest BCUT2D eigenvalue weighted by Gasteiger charge is -2.17. The van der Waals surface area contributed by atoms with Gasteiger partial charge in [-0.3, -0.25) is 4.79 Å². The standard InChI is InChI=1S/C14H18ClNO4S/c1-8-6-9(2)13(21(15,18)19)7-11(8)14(17)16-12-4-5-20-10(12)3/h6-7,10,12H,4-5H2,1-3H3,(H,16,17). The summed E-state index contributed by atoms with van der Waals surface area (Å²) in [6.45, 7) is 5.92. The van der Waals surface area contributed by atoms with E-state index in [1.54, 1.807) is 19.9 Å². The van der Waals surface area contributed by atoms with Gasteiger partial charge in [0.05, 0.1) is 17.0 Å². The highest BCUT2D eigenvalue weighted by Gasteiger charge is 2.27. The van der Waals surface area contributed by atoms with Crippen molar-refractivity contribution >= 4 is 25.6 Å². The Balaban J connectivity index is 2.33. The summed E-state index contributed by atoms with van der Waals surface area (Å²) in [5.74, 6) is -0.309. The average Bonchev–Trinajstić information content (AvgIpc) is 2.73. The number of carbonyl (C=O) groups excluding carboxylic acids is 1. The molecule has 0 saturated carbocycles. The van der Waals surface area contributed by atoms with Crippen LogP contribution in [0.3, 0.4) is 0 Å². The maximum absolute atomic E-state index is 12.4. The molecule has 1 heterocycles. The third-order valence-electron chi connectivity index (χ3n) is 3.72. The van der Waals surface area contributed by atoms with Gasteiger partial charge in [0.2, 0.25) is 0 Å². The van der Waals surface area contributed by atoms with Crippen molar-refractivity contribution in [3.05, 3.63) is 28.8 Å². The summed E-state index contributed by atoms with van der Waals surface area (Å²) in [5.41, 5.74) is 1.55. The van der Waals surface area contributed by atoms with Gasteiger partial charge < -0.3 is 10.1 Å². The number of halogens is 1. The first-order chi connectivity index (χ1) is 9.70. The third-order valence-corrected chi connectivity index (χ3v) is 5.19. The third kappa shape index (κ3) is 3.56. The van der Waals surface area contributed by atoms with Crippen molar-refractivity contribution in [1.82, 2.24) is 5.32 Å². The van der Waals surface area contributed by atoms with Gasteiger partial charge >= 0.3 is 0 Å². The van der Waals surface area contributed by atoms with Crippen molar-refractivity contribution in [3.8, 4) is 0 Å². The van der Waals surface area contributed by atoms with Gasteiger partial charge in [-0.15, -0.1) is 0 Å². The second kappa shape index (κ2) is 5.94. The zero-order chi connectivity index (χ0) is 15.8. The molecule has 1 aromatic rings. The Morgan fingerprint density at radius 1 is 1.33 bits per heavy atom. The smallest absolute Gasteiger partial charge is 0.261 e. The second-order valence-corrected chi connectivity index (χ2v) is 7.85. The number of carbonyl (C=O) groups is 1. The minimum absolute atomic E-state index is 0.0318. The molecule has 2 unspecified atom stereocenters. The van der Waals surface area contributed by atoms with Crippen LogP contribution in [0.15, 0.2) is 17.0 Å². The largest absolute Gasteiger partial charge is 0.376 e. The summed E-state index contributed by atoms with van der Waals surface area (Å²) in [4.78, 5) is 12.3. The van der Waals surface area contributed by atoms with Crippen molar-refractivity contribution in [2.45, 2.75) is 44.2 Å². The average molecular weight is 332 g/mol. The number of aryl methyl sites for hydroxylation is 2. The van der Waals surface area contributed by atoms with E-state index < -0.39 is 9.05 Å². The summed E-state index contributed by atoms with van der Waals surface area (Å²) >= 11 is 0. The van der Waals surface area contributed by atoms with E-state index in [1.165, 1.54) is 6.07 Å². The fourth-order valence-corrected chi connectivity index (χ4v) is 3.71. The van der Waals surface area contributed by atoms with E-state index in [-0.39, 0.29) is 22.9 Å². The molecule has 2 atom stereocenters. The Kier molecular flexibility index (Phi) is 4.60. The van der Waals surface area contributed by atoms with Gasteiger partial charge in [0.25, 0.3) is 15.0 Å². The molecule has 0 spiro atoms. The van der Waals surface area contributed by atoms with Crippen molar-refractivity contribution in [1.29, 1.82) is 0 Å². The van der Waals surface area contributed by atoms with E-state index in [4.69, 9.17) is 15.4 Å². The van der Waals surface area contributed by atoms with Crippen LogP contribution in [0.25, 0.3) is 0 Å². The number of hydrogen-bond acceptors (Lipinski definition) is 4. The summed E-state index contributed by atoms with van der Waals surface area (Å²) in [6, 6.07) is 2.93. The zero-order valence-electron chi connectivity index (χ0n) is 12.1. The Bertz CT molecular complexity index is 672. The van der Waals surface area contributed by atoms with Crippen LogP contribution in [0.4, 0.5) is 0 Å². The quantitative estimate of drug-likeness (QED) is 0.861. The second-order valence-electron chi connectivity index (χ2n) is 5.32. The summed E-state index contributed by atoms with van der Waals surface area (Å²) in [7, 11) is 1.53. The molecular weight excluding hydrogens is 314 g/mol. The number of benzene rings is 1. The van der Waals surface area contributed by atoms with Gasteiger partial charge in [-0.1, -0.05) is 6.07 Å². The number of amides is 1. The zero-order valence-corrected chi connectivity index (χ0v) is 13.7. The summed E-state index contributed by atoms with van der Waals surface area (Å²) < 4.78 is 28.5. The predicted molar refractivity (Wildman–Crippen MR) is 80.2 cm³/mol. The molecule has 1 amide bonds. The number of nitrogens with one attached hydrogen (secondary N) is 1. The van der Waals surface area contributed by atoms with Crippen molar-refractivity contribution in [2.24, 2.45) is 0 Å². The maximum atomic E-state index is 12.4. The SMILES string of the molecule is Cc1cc(C)c(S(=O)(=O)Cl)cc1C(=O)NC1CCOC1C. The minimum Gasteiger partial charge on any atom is -0.376 e. The van der Waals surface area contributed by atoms with Gasteiger partial charge in [-0.25, -0.2) is 8.42 Å². The number of ether oxygens (including phenoxy) is 1. The molecule has 1 N–H and O–H groups in total. The van der Waals surface area contributed by atoms with E-state index in [9.17, 15) is 13.2 Å². The molecule has 1 fully saturated rings. The van der Waals surface area contributed by atoms with Gasteiger partial charge in [0.15, 0.2) is 0 Å². The first-order valence-electron chi connectivity index (χ1n) is 6.68. The molecule has 0 bridgehead atoms. The van der Waals surface area contributed by atoms with Crippen molar-refractivity contribution in [3.63, 3.8) is 0 Å². The molecule has 1 aliphatic heterocycles. The van der Waals surface area contributed by atoms with E-state index in [1.807, 2.05) is 6.92 Å². The molecule has 7 heteroatoms. The minimum atomic E-state index is -3.88. The molecular formula is C14H18ClNO4S. The molecule has 0 aliphatic carbocycles. The van der Waals surface area contributed by atoms with Crippen LogP contribution in [0.2, 0.25) is 0 Å². The first-order valence-corrected chi connectivity index (χ1v) is 8.99. The first kappa shape index (κ1) is 16.3. The van der Waals surface area contributed by atoms with Gasteiger partial charge in [0.1, 0.15) is 0 Å². The van der Waals surface area contributed by atoms with E-state index in [0.717, 1.165) is 6.42 Å². The Hall–Kier alpha value is -1.11. The predicted octanol–water partition coefficient (Wildman–Crippen LogP) is 2.14. The number of hydrogen-bond donors (Lipinski definition) is 1.